The van der Waals surface area contributed by atoms with Crippen molar-refractivity contribution in [1.82, 2.24) is 14.9 Å². The van der Waals surface area contributed by atoms with Gasteiger partial charge in [0.05, 0.1) is 22.5 Å². The summed E-state index contributed by atoms with van der Waals surface area (Å²) in [6.07, 6.45) is 3.47. The molecule has 4 heterocycles. The lowest BCUT2D eigenvalue weighted by Crippen LogP contribution is -2.47. The Morgan fingerprint density at radius 1 is 1.20 bits per heavy atom. The van der Waals surface area contributed by atoms with E-state index < -0.39 is 0 Å². The van der Waals surface area contributed by atoms with E-state index in [1.165, 1.54) is 5.56 Å². The van der Waals surface area contributed by atoms with Crippen molar-refractivity contribution in [1.29, 1.82) is 0 Å². The molecular weight excluding hydrogens is 394 g/mol. The predicted octanol–water partition coefficient (Wildman–Crippen LogP) is 4.28. The van der Waals surface area contributed by atoms with Gasteiger partial charge in [0.2, 0.25) is 0 Å². The zero-order valence-electron chi connectivity index (χ0n) is 17.1. The molecule has 0 bridgehead atoms. The SMILES string of the molecule is Cc1nc2c(cc1Cc1ccc(-c3cscn3)cc1)C(=O)N(C1CCOCC1)CC2. The number of aryl methyl sites for hydroxylation is 1. The molecule has 1 fully saturated rings. The van der Waals surface area contributed by atoms with Crippen LogP contribution in [0.5, 0.6) is 0 Å². The summed E-state index contributed by atoms with van der Waals surface area (Å²) in [5.41, 5.74) is 9.08. The van der Waals surface area contributed by atoms with Crippen molar-refractivity contribution in [3.63, 3.8) is 0 Å². The molecule has 5 nitrogen and oxygen atoms in total. The van der Waals surface area contributed by atoms with Gasteiger partial charge >= 0.3 is 0 Å². The third kappa shape index (κ3) is 3.77. The van der Waals surface area contributed by atoms with Gasteiger partial charge in [-0.2, -0.15) is 0 Å². The lowest BCUT2D eigenvalue weighted by molar-refractivity contribution is 0.0275. The number of rotatable bonds is 4. The van der Waals surface area contributed by atoms with Crippen LogP contribution in [-0.4, -0.2) is 46.6 Å². The fraction of sp³-hybridized carbons (Fsp3) is 0.375. The maximum atomic E-state index is 13.2. The van der Waals surface area contributed by atoms with Crippen LogP contribution in [0.25, 0.3) is 11.3 Å². The smallest absolute Gasteiger partial charge is 0.255 e. The molecule has 0 saturated carbocycles. The zero-order valence-corrected chi connectivity index (χ0v) is 18.0. The quantitative estimate of drug-likeness (QED) is 0.633. The van der Waals surface area contributed by atoms with Crippen LogP contribution in [-0.2, 0) is 17.6 Å². The van der Waals surface area contributed by atoms with Gasteiger partial charge in [0.25, 0.3) is 5.91 Å². The molecule has 1 amide bonds. The highest BCUT2D eigenvalue weighted by Gasteiger charge is 2.32. The summed E-state index contributed by atoms with van der Waals surface area (Å²) in [4.78, 5) is 24.5. The highest BCUT2D eigenvalue weighted by Crippen LogP contribution is 2.27. The Balaban J connectivity index is 1.38. The first-order valence-corrected chi connectivity index (χ1v) is 11.5. The molecule has 2 aromatic heterocycles. The van der Waals surface area contributed by atoms with Crippen LogP contribution in [0.15, 0.2) is 41.2 Å². The molecule has 0 N–H and O–H groups in total. The Morgan fingerprint density at radius 3 is 2.73 bits per heavy atom. The molecule has 30 heavy (non-hydrogen) atoms. The number of aromatic nitrogens is 2. The van der Waals surface area contributed by atoms with Crippen molar-refractivity contribution < 1.29 is 9.53 Å². The molecule has 0 unspecified atom stereocenters. The number of pyridine rings is 1. The van der Waals surface area contributed by atoms with Gasteiger partial charge in [-0.3, -0.25) is 9.78 Å². The second kappa shape index (κ2) is 8.28. The van der Waals surface area contributed by atoms with Gasteiger partial charge in [0.15, 0.2) is 0 Å². The standard InChI is InChI=1S/C24H25N3O2S/c1-16-19(12-17-2-4-18(5-3-17)23-14-30-15-25-23)13-21-22(26-16)6-9-27(24(21)28)20-7-10-29-11-8-20/h2-5,13-15,20H,6-12H2,1H3. The zero-order chi connectivity index (χ0) is 20.5. The Kier molecular flexibility index (Phi) is 5.35. The van der Waals surface area contributed by atoms with E-state index in [1.54, 1.807) is 11.3 Å². The molecule has 5 rings (SSSR count). The van der Waals surface area contributed by atoms with Crippen molar-refractivity contribution >= 4 is 17.2 Å². The van der Waals surface area contributed by atoms with Gasteiger partial charge in [-0.05, 0) is 43.4 Å². The second-order valence-corrected chi connectivity index (χ2v) is 8.79. The summed E-state index contributed by atoms with van der Waals surface area (Å²) < 4.78 is 5.47. The van der Waals surface area contributed by atoms with Crippen molar-refractivity contribution in [3.8, 4) is 11.3 Å². The number of thiazole rings is 1. The van der Waals surface area contributed by atoms with Crippen LogP contribution in [0.1, 0.15) is 45.7 Å². The topological polar surface area (TPSA) is 55.3 Å². The summed E-state index contributed by atoms with van der Waals surface area (Å²) in [5.74, 6) is 0.135. The maximum absolute atomic E-state index is 13.2. The van der Waals surface area contributed by atoms with E-state index in [4.69, 9.17) is 9.72 Å². The fourth-order valence-electron chi connectivity index (χ4n) is 4.45. The molecular formula is C24H25N3O2S. The largest absolute Gasteiger partial charge is 0.381 e. The number of carbonyl (C=O) groups is 1. The molecule has 1 aromatic carbocycles. The van der Waals surface area contributed by atoms with E-state index in [0.717, 1.165) is 79.2 Å². The van der Waals surface area contributed by atoms with E-state index >= 15 is 0 Å². The van der Waals surface area contributed by atoms with E-state index in [2.05, 4.69) is 47.6 Å². The molecule has 2 aliphatic rings. The summed E-state index contributed by atoms with van der Waals surface area (Å²) in [7, 11) is 0. The Morgan fingerprint density at radius 2 is 2.00 bits per heavy atom. The number of hydrogen-bond acceptors (Lipinski definition) is 5. The average Bonchev–Trinajstić information content (AvgIpc) is 3.31. The number of benzene rings is 1. The number of fused-ring (bicyclic) bond motifs is 1. The summed E-state index contributed by atoms with van der Waals surface area (Å²) in [5, 5.41) is 2.06. The van der Waals surface area contributed by atoms with E-state index in [0.29, 0.717) is 6.04 Å². The number of nitrogens with zero attached hydrogens (tertiary/aromatic N) is 3. The average molecular weight is 420 g/mol. The van der Waals surface area contributed by atoms with Crippen LogP contribution >= 0.6 is 11.3 Å². The second-order valence-electron chi connectivity index (χ2n) is 8.07. The molecule has 0 atom stereocenters. The minimum atomic E-state index is 0.135. The van der Waals surface area contributed by atoms with Crippen molar-refractivity contribution in [2.45, 2.75) is 38.6 Å². The van der Waals surface area contributed by atoms with Crippen LogP contribution in [0.4, 0.5) is 0 Å². The highest BCUT2D eigenvalue weighted by molar-refractivity contribution is 7.07. The number of hydrogen-bond donors (Lipinski definition) is 0. The first-order chi connectivity index (χ1) is 14.7. The first kappa shape index (κ1) is 19.4. The van der Waals surface area contributed by atoms with Crippen LogP contribution in [0.3, 0.4) is 0 Å². The van der Waals surface area contributed by atoms with Gasteiger partial charge in [0.1, 0.15) is 0 Å². The molecule has 0 spiro atoms. The molecule has 154 valence electrons. The first-order valence-electron chi connectivity index (χ1n) is 10.5. The van der Waals surface area contributed by atoms with E-state index in [1.807, 2.05) is 10.4 Å². The van der Waals surface area contributed by atoms with Crippen LogP contribution < -0.4 is 0 Å². The lowest BCUT2D eigenvalue weighted by Gasteiger charge is -2.37. The van der Waals surface area contributed by atoms with Crippen molar-refractivity contribution in [2.24, 2.45) is 0 Å². The number of amides is 1. The molecule has 0 aliphatic carbocycles. The van der Waals surface area contributed by atoms with Crippen molar-refractivity contribution in [3.05, 3.63) is 69.3 Å². The lowest BCUT2D eigenvalue weighted by atomic mass is 9.95. The minimum absolute atomic E-state index is 0.135. The maximum Gasteiger partial charge on any atom is 0.255 e. The molecule has 6 heteroatoms. The molecule has 1 saturated heterocycles. The molecule has 2 aliphatic heterocycles. The van der Waals surface area contributed by atoms with Gasteiger partial charge in [-0.25, -0.2) is 4.98 Å². The van der Waals surface area contributed by atoms with Crippen LogP contribution in [0, 0.1) is 6.92 Å². The summed E-state index contributed by atoms with van der Waals surface area (Å²) >= 11 is 1.60. The Labute approximate surface area is 180 Å². The normalized spacial score (nSPS) is 17.2. The third-order valence-corrected chi connectivity index (χ3v) is 6.77. The predicted molar refractivity (Wildman–Crippen MR) is 118 cm³/mol. The number of ether oxygens (including phenoxy) is 1. The molecule has 3 aromatic rings. The third-order valence-electron chi connectivity index (χ3n) is 6.19. The fourth-order valence-corrected chi connectivity index (χ4v) is 5.01. The van der Waals surface area contributed by atoms with Crippen LogP contribution in [0.2, 0.25) is 0 Å². The van der Waals surface area contributed by atoms with Gasteiger partial charge in [0, 0.05) is 48.9 Å². The van der Waals surface area contributed by atoms with Gasteiger partial charge < -0.3 is 9.64 Å². The molecule has 0 radical (unpaired) electrons. The summed E-state index contributed by atoms with van der Waals surface area (Å²) in [6.45, 7) is 4.31. The summed E-state index contributed by atoms with van der Waals surface area (Å²) in [6, 6.07) is 10.9. The van der Waals surface area contributed by atoms with Gasteiger partial charge in [-0.1, -0.05) is 24.3 Å². The van der Waals surface area contributed by atoms with Crippen molar-refractivity contribution in [2.75, 3.05) is 19.8 Å². The Bertz CT molecular complexity index is 1040. The van der Waals surface area contributed by atoms with E-state index in [9.17, 15) is 4.79 Å². The number of carbonyl (C=O) groups excluding carboxylic acids is 1. The van der Waals surface area contributed by atoms with E-state index in [-0.39, 0.29) is 5.91 Å². The monoisotopic (exact) mass is 419 g/mol. The Hall–Kier alpha value is -2.57. The highest BCUT2D eigenvalue weighted by atomic mass is 32.1. The minimum Gasteiger partial charge on any atom is -0.381 e. The van der Waals surface area contributed by atoms with Gasteiger partial charge in [-0.15, -0.1) is 11.3 Å².